The summed E-state index contributed by atoms with van der Waals surface area (Å²) in [5.74, 6) is 0.506. The van der Waals surface area contributed by atoms with Crippen molar-refractivity contribution in [3.05, 3.63) is 71.5 Å². The molecule has 0 aliphatic heterocycles. The number of amides is 1. The van der Waals surface area contributed by atoms with Crippen molar-refractivity contribution >= 4 is 6.09 Å². The van der Waals surface area contributed by atoms with Crippen LogP contribution in [-0.4, -0.2) is 34.2 Å². The van der Waals surface area contributed by atoms with E-state index in [1.54, 1.807) is 0 Å². The molecule has 31 heavy (non-hydrogen) atoms. The van der Waals surface area contributed by atoms with Gasteiger partial charge in [0.2, 0.25) is 0 Å². The number of fused-ring (bicyclic) bond motifs is 3. The molecule has 0 bridgehead atoms. The van der Waals surface area contributed by atoms with Crippen molar-refractivity contribution in [1.82, 2.24) is 20.3 Å². The minimum atomic E-state index is -0.356. The van der Waals surface area contributed by atoms with E-state index in [9.17, 15) is 4.79 Å². The van der Waals surface area contributed by atoms with E-state index < -0.39 is 0 Å². The molecule has 1 fully saturated rings. The zero-order valence-electron chi connectivity index (χ0n) is 17.6. The van der Waals surface area contributed by atoms with Crippen molar-refractivity contribution in [3.63, 3.8) is 0 Å². The molecule has 1 atom stereocenters. The number of carbonyl (C=O) groups is 1. The lowest BCUT2D eigenvalue weighted by atomic mass is 9.80. The van der Waals surface area contributed by atoms with E-state index in [1.165, 1.54) is 22.3 Å². The average molecular weight is 418 g/mol. The quantitative estimate of drug-likeness (QED) is 0.636. The summed E-state index contributed by atoms with van der Waals surface area (Å²) in [5.41, 5.74) is 11.5. The van der Waals surface area contributed by atoms with E-state index in [0.29, 0.717) is 25.1 Å². The van der Waals surface area contributed by atoms with Gasteiger partial charge in [0.15, 0.2) is 0 Å². The molecular formula is C24H27N5O2. The Bertz CT molecular complexity index is 1040. The third-order valence-electron chi connectivity index (χ3n) is 6.46. The maximum absolute atomic E-state index is 12.3. The number of hydrogen-bond donors (Lipinski definition) is 2. The molecule has 5 rings (SSSR count). The van der Waals surface area contributed by atoms with Gasteiger partial charge in [-0.05, 0) is 47.9 Å². The van der Waals surface area contributed by atoms with Crippen LogP contribution in [0.3, 0.4) is 0 Å². The standard InChI is InChI=1S/C24H27N5O2/c1-15(25)23-13-29(28-27-23)17-10-16(11-17)12-26-24(30)31-14-22-20-8-4-2-6-18(20)19-7-3-5-9-21(19)22/h2-9,13,15-17,22H,10-12,14,25H2,1H3,(H,26,30). The highest BCUT2D eigenvalue weighted by Gasteiger charge is 2.32. The van der Waals surface area contributed by atoms with Crippen LogP contribution in [-0.2, 0) is 4.74 Å². The number of aromatic nitrogens is 3. The minimum absolute atomic E-state index is 0.0812. The van der Waals surface area contributed by atoms with Crippen LogP contribution in [0.25, 0.3) is 11.1 Å². The second-order valence-electron chi connectivity index (χ2n) is 8.61. The summed E-state index contributed by atoms with van der Waals surface area (Å²) >= 11 is 0. The summed E-state index contributed by atoms with van der Waals surface area (Å²) in [6.07, 6.45) is 3.49. The van der Waals surface area contributed by atoms with Crippen LogP contribution in [0.15, 0.2) is 54.7 Å². The smallest absolute Gasteiger partial charge is 0.407 e. The Labute approximate surface area is 181 Å². The summed E-state index contributed by atoms with van der Waals surface area (Å²) in [7, 11) is 0. The molecule has 0 spiro atoms. The molecule has 3 aromatic rings. The van der Waals surface area contributed by atoms with Gasteiger partial charge in [-0.15, -0.1) is 5.10 Å². The van der Waals surface area contributed by atoms with Crippen LogP contribution in [0.2, 0.25) is 0 Å². The lowest BCUT2D eigenvalue weighted by Crippen LogP contribution is -2.37. The summed E-state index contributed by atoms with van der Waals surface area (Å²) in [6.45, 7) is 2.85. The Morgan fingerprint density at radius 3 is 2.42 bits per heavy atom. The first-order chi connectivity index (χ1) is 15.1. The number of nitrogens with two attached hydrogens (primary N) is 1. The average Bonchev–Trinajstić information content (AvgIpc) is 3.35. The highest BCUT2D eigenvalue weighted by atomic mass is 16.5. The van der Waals surface area contributed by atoms with Crippen LogP contribution in [0.5, 0.6) is 0 Å². The normalized spacial score (nSPS) is 20.5. The fourth-order valence-electron chi connectivity index (χ4n) is 4.64. The molecule has 1 saturated carbocycles. The van der Waals surface area contributed by atoms with Gasteiger partial charge >= 0.3 is 6.09 Å². The molecule has 1 amide bonds. The number of benzene rings is 2. The van der Waals surface area contributed by atoms with Gasteiger partial charge in [-0.2, -0.15) is 0 Å². The minimum Gasteiger partial charge on any atom is -0.449 e. The van der Waals surface area contributed by atoms with Crippen molar-refractivity contribution in [3.8, 4) is 11.1 Å². The van der Waals surface area contributed by atoms with E-state index in [4.69, 9.17) is 10.5 Å². The van der Waals surface area contributed by atoms with Crippen molar-refractivity contribution in [2.45, 2.75) is 37.8 Å². The number of carbonyl (C=O) groups excluding carboxylic acids is 1. The van der Waals surface area contributed by atoms with E-state index in [1.807, 2.05) is 42.1 Å². The molecule has 7 nitrogen and oxygen atoms in total. The Morgan fingerprint density at radius 1 is 1.16 bits per heavy atom. The zero-order valence-corrected chi connectivity index (χ0v) is 17.6. The molecule has 3 N–H and O–H groups in total. The predicted octanol–water partition coefficient (Wildman–Crippen LogP) is 3.79. The lowest BCUT2D eigenvalue weighted by Gasteiger charge is -2.34. The highest BCUT2D eigenvalue weighted by molar-refractivity contribution is 5.79. The van der Waals surface area contributed by atoms with Crippen LogP contribution < -0.4 is 11.1 Å². The summed E-state index contributed by atoms with van der Waals surface area (Å²) in [6, 6.07) is 16.9. The van der Waals surface area contributed by atoms with E-state index in [0.717, 1.165) is 18.5 Å². The molecule has 160 valence electrons. The van der Waals surface area contributed by atoms with Gasteiger partial charge in [0, 0.05) is 18.5 Å². The lowest BCUT2D eigenvalue weighted by molar-refractivity contribution is 0.131. The van der Waals surface area contributed by atoms with Crippen molar-refractivity contribution < 1.29 is 9.53 Å². The summed E-state index contributed by atoms with van der Waals surface area (Å²) in [4.78, 5) is 12.3. The first kappa shape index (κ1) is 19.8. The molecule has 2 aromatic carbocycles. The second-order valence-corrected chi connectivity index (χ2v) is 8.61. The number of alkyl carbamates (subject to hydrolysis) is 1. The molecule has 2 aliphatic carbocycles. The Kier molecular flexibility index (Phi) is 5.19. The van der Waals surface area contributed by atoms with Crippen molar-refractivity contribution in [2.24, 2.45) is 11.7 Å². The molecule has 0 radical (unpaired) electrons. The van der Waals surface area contributed by atoms with E-state index in [2.05, 4.69) is 39.9 Å². The first-order valence-electron chi connectivity index (χ1n) is 10.9. The molecule has 7 heteroatoms. The van der Waals surface area contributed by atoms with Crippen molar-refractivity contribution in [2.75, 3.05) is 13.2 Å². The van der Waals surface area contributed by atoms with Gasteiger partial charge in [-0.1, -0.05) is 53.7 Å². The first-order valence-corrected chi connectivity index (χ1v) is 10.9. The largest absolute Gasteiger partial charge is 0.449 e. The van der Waals surface area contributed by atoms with Crippen LogP contribution in [0.4, 0.5) is 4.79 Å². The number of hydrogen-bond acceptors (Lipinski definition) is 5. The number of rotatable bonds is 6. The Hall–Kier alpha value is -3.19. The number of nitrogens with one attached hydrogen (secondary N) is 1. The monoisotopic (exact) mass is 417 g/mol. The third-order valence-corrected chi connectivity index (χ3v) is 6.46. The molecule has 0 saturated heterocycles. The van der Waals surface area contributed by atoms with Crippen molar-refractivity contribution in [1.29, 1.82) is 0 Å². The van der Waals surface area contributed by atoms with Gasteiger partial charge < -0.3 is 15.8 Å². The SMILES string of the molecule is CC(N)c1cn(C2CC(CNC(=O)OCC3c4ccccc4-c4ccccc43)C2)nn1. The second kappa shape index (κ2) is 8.15. The topological polar surface area (TPSA) is 95.1 Å². The Morgan fingerprint density at radius 2 is 1.81 bits per heavy atom. The van der Waals surface area contributed by atoms with Gasteiger partial charge in [-0.25, -0.2) is 9.48 Å². The fourth-order valence-corrected chi connectivity index (χ4v) is 4.64. The van der Waals surface area contributed by atoms with Gasteiger partial charge in [0.05, 0.1) is 17.9 Å². The number of ether oxygens (including phenoxy) is 1. The zero-order chi connectivity index (χ0) is 21.4. The summed E-state index contributed by atoms with van der Waals surface area (Å²) < 4.78 is 7.50. The maximum Gasteiger partial charge on any atom is 0.407 e. The number of nitrogens with zero attached hydrogens (tertiary/aromatic N) is 3. The van der Waals surface area contributed by atoms with Gasteiger partial charge in [-0.3, -0.25) is 0 Å². The van der Waals surface area contributed by atoms with Crippen LogP contribution in [0.1, 0.15) is 54.6 Å². The third kappa shape index (κ3) is 3.81. The predicted molar refractivity (Wildman–Crippen MR) is 117 cm³/mol. The van der Waals surface area contributed by atoms with Crippen LogP contribution >= 0.6 is 0 Å². The molecule has 1 heterocycles. The maximum atomic E-state index is 12.3. The summed E-state index contributed by atoms with van der Waals surface area (Å²) in [5, 5.41) is 11.2. The van der Waals surface area contributed by atoms with E-state index >= 15 is 0 Å². The van der Waals surface area contributed by atoms with Gasteiger partial charge in [0.25, 0.3) is 0 Å². The molecule has 1 unspecified atom stereocenters. The van der Waals surface area contributed by atoms with Crippen LogP contribution in [0, 0.1) is 5.92 Å². The Balaban J connectivity index is 1.11. The molecule has 2 aliphatic rings. The molecular weight excluding hydrogens is 390 g/mol. The highest BCUT2D eigenvalue weighted by Crippen LogP contribution is 2.44. The fraction of sp³-hybridized carbons (Fsp3) is 0.375. The van der Waals surface area contributed by atoms with E-state index in [-0.39, 0.29) is 18.1 Å². The molecule has 1 aromatic heterocycles. The van der Waals surface area contributed by atoms with Gasteiger partial charge in [0.1, 0.15) is 6.61 Å².